The van der Waals surface area contributed by atoms with E-state index in [4.69, 9.17) is 4.52 Å². The second kappa shape index (κ2) is 5.52. The summed E-state index contributed by atoms with van der Waals surface area (Å²) in [6.07, 6.45) is 3.68. The van der Waals surface area contributed by atoms with E-state index in [0.29, 0.717) is 23.1 Å². The van der Waals surface area contributed by atoms with Crippen molar-refractivity contribution in [1.82, 2.24) is 15.1 Å². The van der Waals surface area contributed by atoms with Gasteiger partial charge in [-0.25, -0.2) is 4.98 Å². The van der Waals surface area contributed by atoms with Crippen LogP contribution < -0.4 is 4.90 Å². The fourth-order valence-corrected chi connectivity index (χ4v) is 2.62. The SMILES string of the molecule is CC(C)c1nc([C@H]2CCCN2c2ncccc2C#N)no1. The zero-order chi connectivity index (χ0) is 14.8. The van der Waals surface area contributed by atoms with Gasteiger partial charge in [0.15, 0.2) is 5.82 Å². The van der Waals surface area contributed by atoms with E-state index in [9.17, 15) is 5.26 Å². The molecule has 1 fully saturated rings. The van der Waals surface area contributed by atoms with Crippen LogP contribution in [0.2, 0.25) is 0 Å². The van der Waals surface area contributed by atoms with Crippen LogP contribution in [0.1, 0.15) is 55.9 Å². The summed E-state index contributed by atoms with van der Waals surface area (Å²) >= 11 is 0. The highest BCUT2D eigenvalue weighted by Gasteiger charge is 2.32. The summed E-state index contributed by atoms with van der Waals surface area (Å²) in [5, 5.41) is 13.4. The van der Waals surface area contributed by atoms with E-state index in [1.807, 2.05) is 13.8 Å². The molecule has 1 saturated heterocycles. The van der Waals surface area contributed by atoms with Crippen molar-refractivity contribution in [3.63, 3.8) is 0 Å². The first kappa shape index (κ1) is 13.6. The smallest absolute Gasteiger partial charge is 0.229 e. The molecule has 0 spiro atoms. The van der Waals surface area contributed by atoms with Gasteiger partial charge in [-0.05, 0) is 25.0 Å². The molecule has 1 atom stereocenters. The normalized spacial score (nSPS) is 18.2. The zero-order valence-electron chi connectivity index (χ0n) is 12.2. The number of nitrogens with zero attached hydrogens (tertiary/aromatic N) is 5. The lowest BCUT2D eigenvalue weighted by Crippen LogP contribution is -2.25. The average Bonchev–Trinajstić information content (AvgIpc) is 3.15. The van der Waals surface area contributed by atoms with E-state index in [1.54, 1.807) is 18.3 Å². The Morgan fingerprint density at radius 2 is 2.33 bits per heavy atom. The number of pyridine rings is 1. The van der Waals surface area contributed by atoms with Gasteiger partial charge in [0, 0.05) is 18.7 Å². The minimum absolute atomic E-state index is 0.0308. The Morgan fingerprint density at radius 3 is 3.05 bits per heavy atom. The maximum atomic E-state index is 9.25. The molecule has 108 valence electrons. The molecule has 3 heterocycles. The van der Waals surface area contributed by atoms with Crippen LogP contribution in [0.3, 0.4) is 0 Å². The Labute approximate surface area is 123 Å². The molecule has 0 saturated carbocycles. The Kier molecular flexibility index (Phi) is 3.57. The second-order valence-electron chi connectivity index (χ2n) is 5.48. The highest BCUT2D eigenvalue weighted by molar-refractivity contribution is 5.55. The molecule has 21 heavy (non-hydrogen) atoms. The quantitative estimate of drug-likeness (QED) is 0.861. The van der Waals surface area contributed by atoms with Crippen LogP contribution >= 0.6 is 0 Å². The lowest BCUT2D eigenvalue weighted by atomic mass is 10.2. The first-order valence-electron chi connectivity index (χ1n) is 7.16. The van der Waals surface area contributed by atoms with Gasteiger partial charge in [0.2, 0.25) is 5.89 Å². The van der Waals surface area contributed by atoms with Crippen LogP contribution in [0.5, 0.6) is 0 Å². The van der Waals surface area contributed by atoms with Gasteiger partial charge in [-0.2, -0.15) is 10.2 Å². The third kappa shape index (κ3) is 2.47. The van der Waals surface area contributed by atoms with Crippen molar-refractivity contribution in [3.8, 4) is 6.07 Å². The van der Waals surface area contributed by atoms with E-state index in [2.05, 4.69) is 26.1 Å². The highest BCUT2D eigenvalue weighted by Crippen LogP contribution is 2.35. The number of anilines is 1. The largest absolute Gasteiger partial charge is 0.345 e. The van der Waals surface area contributed by atoms with Crippen molar-refractivity contribution in [3.05, 3.63) is 35.6 Å². The molecule has 0 unspecified atom stereocenters. The average molecular weight is 283 g/mol. The third-order valence-electron chi connectivity index (χ3n) is 3.68. The monoisotopic (exact) mass is 283 g/mol. The molecule has 0 amide bonds. The molecule has 1 aliphatic rings. The fraction of sp³-hybridized carbons (Fsp3) is 0.467. The predicted octanol–water partition coefficient (Wildman–Crippen LogP) is 2.80. The van der Waals surface area contributed by atoms with Gasteiger partial charge in [-0.1, -0.05) is 19.0 Å². The lowest BCUT2D eigenvalue weighted by Gasteiger charge is -2.23. The van der Waals surface area contributed by atoms with Crippen LogP contribution in [0.15, 0.2) is 22.9 Å². The van der Waals surface area contributed by atoms with E-state index < -0.39 is 0 Å². The summed E-state index contributed by atoms with van der Waals surface area (Å²) in [7, 11) is 0. The van der Waals surface area contributed by atoms with Crippen molar-refractivity contribution in [2.24, 2.45) is 0 Å². The van der Waals surface area contributed by atoms with Gasteiger partial charge >= 0.3 is 0 Å². The van der Waals surface area contributed by atoms with Crippen LogP contribution in [-0.4, -0.2) is 21.7 Å². The predicted molar refractivity (Wildman–Crippen MR) is 76.7 cm³/mol. The van der Waals surface area contributed by atoms with Crippen molar-refractivity contribution in [1.29, 1.82) is 5.26 Å². The minimum atomic E-state index is 0.0308. The maximum absolute atomic E-state index is 9.25. The van der Waals surface area contributed by atoms with E-state index >= 15 is 0 Å². The molecule has 0 N–H and O–H groups in total. The molecular weight excluding hydrogens is 266 g/mol. The first-order chi connectivity index (χ1) is 10.2. The van der Waals surface area contributed by atoms with Gasteiger partial charge in [0.05, 0.1) is 11.6 Å². The number of rotatable bonds is 3. The minimum Gasteiger partial charge on any atom is -0.345 e. The topological polar surface area (TPSA) is 78.8 Å². The number of nitriles is 1. The van der Waals surface area contributed by atoms with Crippen molar-refractivity contribution in [2.45, 2.75) is 38.6 Å². The summed E-state index contributed by atoms with van der Waals surface area (Å²) in [5.74, 6) is 2.26. The fourth-order valence-electron chi connectivity index (χ4n) is 2.62. The summed E-state index contributed by atoms with van der Waals surface area (Å²) in [6, 6.07) is 5.79. The molecule has 6 nitrogen and oxygen atoms in total. The van der Waals surface area contributed by atoms with Crippen LogP contribution in [-0.2, 0) is 0 Å². The van der Waals surface area contributed by atoms with E-state index in [-0.39, 0.29) is 12.0 Å². The Morgan fingerprint density at radius 1 is 1.48 bits per heavy atom. The molecule has 2 aromatic rings. The molecule has 0 aromatic carbocycles. The van der Waals surface area contributed by atoms with Crippen molar-refractivity contribution >= 4 is 5.82 Å². The van der Waals surface area contributed by atoms with Gasteiger partial charge < -0.3 is 9.42 Å². The van der Waals surface area contributed by atoms with Crippen LogP contribution in [0.4, 0.5) is 5.82 Å². The molecule has 1 aliphatic heterocycles. The van der Waals surface area contributed by atoms with Gasteiger partial charge in [0.25, 0.3) is 0 Å². The molecule has 0 radical (unpaired) electrons. The Hall–Kier alpha value is -2.42. The Bertz CT molecular complexity index is 673. The summed E-state index contributed by atoms with van der Waals surface area (Å²) in [4.78, 5) is 11.0. The van der Waals surface area contributed by atoms with E-state index in [0.717, 1.165) is 19.4 Å². The maximum Gasteiger partial charge on any atom is 0.229 e. The van der Waals surface area contributed by atoms with Gasteiger partial charge in [-0.15, -0.1) is 0 Å². The number of hydrogen-bond acceptors (Lipinski definition) is 6. The number of aromatic nitrogens is 3. The molecule has 2 aromatic heterocycles. The molecule has 0 aliphatic carbocycles. The number of hydrogen-bond donors (Lipinski definition) is 0. The molecule has 3 rings (SSSR count). The molecule has 0 bridgehead atoms. The first-order valence-corrected chi connectivity index (χ1v) is 7.16. The molecular formula is C15H17N5O. The Balaban J connectivity index is 1.93. The second-order valence-corrected chi connectivity index (χ2v) is 5.48. The van der Waals surface area contributed by atoms with E-state index in [1.165, 1.54) is 0 Å². The highest BCUT2D eigenvalue weighted by atomic mass is 16.5. The van der Waals surface area contributed by atoms with Crippen molar-refractivity contribution in [2.75, 3.05) is 11.4 Å². The van der Waals surface area contributed by atoms with Crippen LogP contribution in [0, 0.1) is 11.3 Å². The van der Waals surface area contributed by atoms with Gasteiger partial charge in [0.1, 0.15) is 11.9 Å². The zero-order valence-corrected chi connectivity index (χ0v) is 12.2. The van der Waals surface area contributed by atoms with Crippen LogP contribution in [0.25, 0.3) is 0 Å². The standard InChI is InChI=1S/C15H17N5O/c1-10(2)15-18-13(19-21-15)12-6-4-8-20(12)14-11(9-16)5-3-7-17-14/h3,5,7,10,12H,4,6,8H2,1-2H3/t12-/m1/s1. The third-order valence-corrected chi connectivity index (χ3v) is 3.68. The van der Waals surface area contributed by atoms with Crippen molar-refractivity contribution < 1.29 is 4.52 Å². The summed E-state index contributed by atoms with van der Waals surface area (Å²) in [5.41, 5.74) is 0.581. The summed E-state index contributed by atoms with van der Waals surface area (Å²) in [6.45, 7) is 4.90. The molecule has 6 heteroatoms. The lowest BCUT2D eigenvalue weighted by molar-refractivity contribution is 0.358. The summed E-state index contributed by atoms with van der Waals surface area (Å²) < 4.78 is 5.31. The van der Waals surface area contributed by atoms with Gasteiger partial charge in [-0.3, -0.25) is 0 Å².